The first-order valence-electron chi connectivity index (χ1n) is 9.42. The average molecular weight is 385 g/mol. The smallest absolute Gasteiger partial charge is 0.348 e. The van der Waals surface area contributed by atoms with E-state index in [4.69, 9.17) is 4.74 Å². The van der Waals surface area contributed by atoms with Crippen molar-refractivity contribution in [3.63, 3.8) is 0 Å². The normalized spacial score (nSPS) is 18.4. The molecule has 1 aromatic heterocycles. The van der Waals surface area contributed by atoms with Gasteiger partial charge in [0.2, 0.25) is 5.91 Å². The van der Waals surface area contributed by atoms with Gasteiger partial charge in [-0.1, -0.05) is 30.0 Å². The van der Waals surface area contributed by atoms with Crippen molar-refractivity contribution in [3.8, 4) is 0 Å². The van der Waals surface area contributed by atoms with Crippen LogP contribution in [0.1, 0.15) is 30.5 Å². The first-order valence-corrected chi connectivity index (χ1v) is 10.4. The molecule has 1 amide bonds. The van der Waals surface area contributed by atoms with E-state index < -0.39 is 0 Å². The number of thioether (sulfide) groups is 1. The summed E-state index contributed by atoms with van der Waals surface area (Å²) in [6.07, 6.45) is 5.00. The van der Waals surface area contributed by atoms with Crippen molar-refractivity contribution in [3.05, 3.63) is 52.1 Å². The first kappa shape index (κ1) is 18.3. The molecule has 6 nitrogen and oxygen atoms in total. The second kappa shape index (κ2) is 8.27. The van der Waals surface area contributed by atoms with Gasteiger partial charge in [0, 0.05) is 23.6 Å². The van der Waals surface area contributed by atoms with Crippen molar-refractivity contribution in [2.24, 2.45) is 0 Å². The first-order chi connectivity index (χ1) is 13.2. The van der Waals surface area contributed by atoms with Gasteiger partial charge in [0.25, 0.3) is 0 Å². The number of para-hydroxylation sites is 1. The van der Waals surface area contributed by atoms with Gasteiger partial charge in [0.05, 0.1) is 18.4 Å². The van der Waals surface area contributed by atoms with Crippen LogP contribution in [-0.2, 0) is 28.9 Å². The molecule has 1 atom stereocenters. The standard InChI is InChI=1S/C20H23N3O3S/c24-18(21-14-6-2-1-3-7-14)13-27-19-16-9-4-10-17(16)23(20(25)22-19)12-15-8-5-11-26-15/h1-3,6-7,15H,4-5,8-13H2,(H,21,24)/t15-/m1/s1. The fraction of sp³-hybridized carbons (Fsp3) is 0.450. The molecule has 1 N–H and O–H groups in total. The molecule has 0 spiro atoms. The summed E-state index contributed by atoms with van der Waals surface area (Å²) in [4.78, 5) is 29.1. The minimum atomic E-state index is -0.225. The summed E-state index contributed by atoms with van der Waals surface area (Å²) >= 11 is 1.35. The molecule has 27 heavy (non-hydrogen) atoms. The molecule has 2 heterocycles. The molecule has 7 heteroatoms. The molecule has 4 rings (SSSR count). The van der Waals surface area contributed by atoms with Crippen LogP contribution in [0.5, 0.6) is 0 Å². The number of ether oxygens (including phenoxy) is 1. The third kappa shape index (κ3) is 4.25. The fourth-order valence-electron chi connectivity index (χ4n) is 3.74. The highest BCUT2D eigenvalue weighted by molar-refractivity contribution is 8.00. The number of fused-ring (bicyclic) bond motifs is 1. The van der Waals surface area contributed by atoms with Gasteiger partial charge in [-0.25, -0.2) is 4.79 Å². The fourth-order valence-corrected chi connectivity index (χ4v) is 4.62. The summed E-state index contributed by atoms with van der Waals surface area (Å²) in [5.74, 6) is 0.145. The Hall–Kier alpha value is -2.12. The molecule has 1 saturated heterocycles. The van der Waals surface area contributed by atoms with Gasteiger partial charge in [-0.2, -0.15) is 4.98 Å². The maximum Gasteiger partial charge on any atom is 0.348 e. The van der Waals surface area contributed by atoms with Crippen LogP contribution in [0, 0.1) is 0 Å². The molecule has 1 aliphatic heterocycles. The topological polar surface area (TPSA) is 73.2 Å². The Bertz CT molecular complexity index is 876. The van der Waals surface area contributed by atoms with Crippen LogP contribution in [-0.4, -0.2) is 33.9 Å². The Kier molecular flexibility index (Phi) is 5.59. The SMILES string of the molecule is O=C(CSc1nc(=O)n(C[C@H]2CCCO2)c2c1CCC2)Nc1ccccc1. The molecule has 1 aliphatic carbocycles. The quantitative estimate of drug-likeness (QED) is 0.611. The largest absolute Gasteiger partial charge is 0.376 e. The van der Waals surface area contributed by atoms with Gasteiger partial charge >= 0.3 is 5.69 Å². The van der Waals surface area contributed by atoms with Crippen molar-refractivity contribution >= 4 is 23.4 Å². The maximum absolute atomic E-state index is 12.6. The Labute approximate surface area is 162 Å². The number of anilines is 1. The Morgan fingerprint density at radius 2 is 2.11 bits per heavy atom. The highest BCUT2D eigenvalue weighted by Crippen LogP contribution is 2.30. The molecule has 142 valence electrons. The Morgan fingerprint density at radius 3 is 2.89 bits per heavy atom. The van der Waals surface area contributed by atoms with Gasteiger partial charge in [-0.15, -0.1) is 0 Å². The van der Waals surface area contributed by atoms with Crippen LogP contribution in [0.2, 0.25) is 0 Å². The van der Waals surface area contributed by atoms with Crippen molar-refractivity contribution in [1.29, 1.82) is 0 Å². The molecular weight excluding hydrogens is 362 g/mol. The van der Waals surface area contributed by atoms with Crippen molar-refractivity contribution in [2.45, 2.75) is 49.8 Å². The Balaban J connectivity index is 1.47. The average Bonchev–Trinajstić information content (AvgIpc) is 3.35. The van der Waals surface area contributed by atoms with Crippen LogP contribution in [0.3, 0.4) is 0 Å². The van der Waals surface area contributed by atoms with E-state index in [0.717, 1.165) is 55.7 Å². The van der Waals surface area contributed by atoms with E-state index in [9.17, 15) is 9.59 Å². The molecule has 1 aromatic carbocycles. The van der Waals surface area contributed by atoms with E-state index >= 15 is 0 Å². The summed E-state index contributed by atoms with van der Waals surface area (Å²) in [5.41, 5.74) is 2.76. The number of nitrogens with zero attached hydrogens (tertiary/aromatic N) is 2. The molecule has 2 aliphatic rings. The van der Waals surface area contributed by atoms with E-state index in [1.54, 1.807) is 4.57 Å². The van der Waals surface area contributed by atoms with Crippen molar-refractivity contribution < 1.29 is 9.53 Å². The number of rotatable bonds is 6. The lowest BCUT2D eigenvalue weighted by atomic mass is 10.2. The third-order valence-electron chi connectivity index (χ3n) is 5.01. The lowest BCUT2D eigenvalue weighted by Crippen LogP contribution is -2.31. The van der Waals surface area contributed by atoms with Gasteiger partial charge in [-0.3, -0.25) is 9.36 Å². The number of hydrogen-bond acceptors (Lipinski definition) is 5. The zero-order valence-electron chi connectivity index (χ0n) is 15.1. The zero-order valence-corrected chi connectivity index (χ0v) is 16.0. The van der Waals surface area contributed by atoms with Crippen molar-refractivity contribution in [2.75, 3.05) is 17.7 Å². The summed E-state index contributed by atoms with van der Waals surface area (Å²) in [6.45, 7) is 1.37. The maximum atomic E-state index is 12.6. The van der Waals surface area contributed by atoms with Crippen molar-refractivity contribution in [1.82, 2.24) is 9.55 Å². The third-order valence-corrected chi connectivity index (χ3v) is 6.03. The highest BCUT2D eigenvalue weighted by atomic mass is 32.2. The number of hydrogen-bond donors (Lipinski definition) is 1. The molecular formula is C20H23N3O3S. The number of benzene rings is 1. The number of carbonyl (C=O) groups excluding carboxylic acids is 1. The summed E-state index contributed by atoms with van der Waals surface area (Å²) in [7, 11) is 0. The highest BCUT2D eigenvalue weighted by Gasteiger charge is 2.25. The lowest BCUT2D eigenvalue weighted by Gasteiger charge is -2.17. The summed E-state index contributed by atoms with van der Waals surface area (Å²) < 4.78 is 7.49. The van der Waals surface area contributed by atoms with Crippen LogP contribution >= 0.6 is 11.8 Å². The minimum absolute atomic E-state index is 0.0942. The molecule has 1 fully saturated rings. The van der Waals surface area contributed by atoms with E-state index in [0.29, 0.717) is 11.6 Å². The van der Waals surface area contributed by atoms with Gasteiger partial charge in [0.1, 0.15) is 5.03 Å². The summed E-state index contributed by atoms with van der Waals surface area (Å²) in [5, 5.41) is 3.57. The molecule has 2 aromatic rings. The number of carbonyl (C=O) groups is 1. The Morgan fingerprint density at radius 1 is 1.26 bits per heavy atom. The van der Waals surface area contributed by atoms with Crippen LogP contribution in [0.4, 0.5) is 5.69 Å². The van der Waals surface area contributed by atoms with E-state index in [1.807, 2.05) is 30.3 Å². The van der Waals surface area contributed by atoms with Crippen LogP contribution < -0.4 is 11.0 Å². The van der Waals surface area contributed by atoms with E-state index in [2.05, 4.69) is 10.3 Å². The predicted molar refractivity (Wildman–Crippen MR) is 105 cm³/mol. The molecule has 0 radical (unpaired) electrons. The second-order valence-electron chi connectivity index (χ2n) is 6.93. The van der Waals surface area contributed by atoms with Crippen LogP contribution in [0.15, 0.2) is 40.2 Å². The predicted octanol–water partition coefficient (Wildman–Crippen LogP) is 2.64. The van der Waals surface area contributed by atoms with E-state index in [1.165, 1.54) is 11.8 Å². The van der Waals surface area contributed by atoms with Gasteiger partial charge in [0.15, 0.2) is 0 Å². The minimum Gasteiger partial charge on any atom is -0.376 e. The molecule has 0 unspecified atom stereocenters. The number of nitrogens with one attached hydrogen (secondary N) is 1. The number of amides is 1. The zero-order chi connectivity index (χ0) is 18.6. The summed E-state index contributed by atoms with van der Waals surface area (Å²) in [6, 6.07) is 9.37. The van der Waals surface area contributed by atoms with Gasteiger partial charge in [-0.05, 0) is 44.2 Å². The molecule has 0 bridgehead atoms. The van der Waals surface area contributed by atoms with E-state index in [-0.39, 0.29) is 23.5 Å². The monoisotopic (exact) mass is 385 g/mol. The molecule has 0 saturated carbocycles. The van der Waals surface area contributed by atoms with Gasteiger partial charge < -0.3 is 10.1 Å². The lowest BCUT2D eigenvalue weighted by molar-refractivity contribution is -0.113. The second-order valence-corrected chi connectivity index (χ2v) is 7.89. The van der Waals surface area contributed by atoms with Crippen LogP contribution in [0.25, 0.3) is 0 Å². The number of aromatic nitrogens is 2.